The quantitative estimate of drug-likeness (QED) is 0.223. The summed E-state index contributed by atoms with van der Waals surface area (Å²) in [7, 11) is 0. The summed E-state index contributed by atoms with van der Waals surface area (Å²) in [6, 6.07) is 0. The molecule has 23 heavy (non-hydrogen) atoms. The number of carbonyl (C=O) groups is 2. The molecule has 0 aromatic carbocycles. The van der Waals surface area contributed by atoms with Gasteiger partial charge in [0.05, 0.1) is 11.9 Å². The molecule has 0 fully saturated rings. The summed E-state index contributed by atoms with van der Waals surface area (Å²) in [6.45, 7) is 2.28. The summed E-state index contributed by atoms with van der Waals surface area (Å²) in [4.78, 5) is 18.4. The predicted octanol–water partition coefficient (Wildman–Crippen LogP) is 2.20. The van der Waals surface area contributed by atoms with Crippen molar-refractivity contribution in [1.82, 2.24) is 0 Å². The Bertz CT molecular complexity index is 230. The van der Waals surface area contributed by atoms with Crippen LogP contribution in [-0.2, 0) is 30.7 Å². The second-order valence-electron chi connectivity index (χ2n) is 4.89. The maximum absolute atomic E-state index is 9.18. The molecule has 0 aliphatic carbocycles. The van der Waals surface area contributed by atoms with Gasteiger partial charge in [0.1, 0.15) is 0 Å². The van der Waals surface area contributed by atoms with E-state index in [2.05, 4.69) is 53.2 Å². The summed E-state index contributed by atoms with van der Waals surface area (Å²) in [5.74, 6) is -2.65. The van der Waals surface area contributed by atoms with Crippen LogP contribution in [0.2, 0.25) is 4.64 Å². The van der Waals surface area contributed by atoms with Crippen molar-refractivity contribution in [3.63, 3.8) is 0 Å². The predicted molar refractivity (Wildman–Crippen MR) is 94.4 cm³/mol. The largest absolute Gasteiger partial charge is 0.549 e. The van der Waals surface area contributed by atoms with Crippen molar-refractivity contribution in [2.45, 2.75) is 75.8 Å². The van der Waals surface area contributed by atoms with Gasteiger partial charge in [-0.2, -0.15) is 25.3 Å². The zero-order chi connectivity index (χ0) is 18.3. The Morgan fingerprint density at radius 3 is 1.22 bits per heavy atom. The third-order valence-corrected chi connectivity index (χ3v) is 4.00. The van der Waals surface area contributed by atoms with E-state index in [1.54, 1.807) is 0 Å². The van der Waals surface area contributed by atoms with Gasteiger partial charge in [0.25, 0.3) is 0 Å². The van der Waals surface area contributed by atoms with Crippen LogP contribution in [0.1, 0.15) is 71.1 Å². The van der Waals surface area contributed by atoms with Crippen LogP contribution in [0, 0.1) is 0 Å². The van der Waals surface area contributed by atoms with Crippen molar-refractivity contribution < 1.29 is 40.9 Å². The molecule has 0 unspecified atom stereocenters. The molecular formula is C16H31AuO4S2. The van der Waals surface area contributed by atoms with Gasteiger partial charge in [-0.25, -0.2) is 0 Å². The summed E-state index contributed by atoms with van der Waals surface area (Å²) in [5, 5.41) is 18.4. The molecule has 0 heterocycles. The Kier molecular flexibility index (Phi) is 33.4. The number of carboxylic acids is 2. The maximum atomic E-state index is 9.18. The summed E-state index contributed by atoms with van der Waals surface area (Å²) in [6.07, 6.45) is 14.5. The number of rotatable bonds is 12. The van der Waals surface area contributed by atoms with Gasteiger partial charge < -0.3 is 19.8 Å². The summed E-state index contributed by atoms with van der Waals surface area (Å²) < 4.78 is 1.32. The fourth-order valence-corrected chi connectivity index (χ4v) is 2.10. The van der Waals surface area contributed by atoms with Gasteiger partial charge in [-0.05, 0) is 0 Å². The molecule has 142 valence electrons. The zero-order valence-electron chi connectivity index (χ0n) is 14.0. The Morgan fingerprint density at radius 1 is 0.739 bits per heavy atom. The molecule has 0 rings (SSSR count). The van der Waals surface area contributed by atoms with Gasteiger partial charge in [0.15, 0.2) is 0 Å². The molecule has 0 aliphatic rings. The molecule has 4 nitrogen and oxygen atoms in total. The minimum Gasteiger partial charge on any atom is -0.549 e. The van der Waals surface area contributed by atoms with E-state index < -0.39 is 11.9 Å². The second-order valence-corrected chi connectivity index (χ2v) is 6.61. The van der Waals surface area contributed by atoms with E-state index in [1.807, 2.05) is 0 Å². The molecule has 0 aromatic heterocycles. The maximum Gasteiger partial charge on any atom is 0.0510 e. The number of hydrogen-bond acceptors (Lipinski definition) is 6. The summed E-state index contributed by atoms with van der Waals surface area (Å²) in [5.41, 5.74) is 0. The molecule has 0 aromatic rings. The van der Waals surface area contributed by atoms with Crippen LogP contribution >= 0.6 is 25.3 Å². The summed E-state index contributed by atoms with van der Waals surface area (Å²) >= 11 is 9.34. The molecule has 0 saturated heterocycles. The van der Waals surface area contributed by atoms with Gasteiger partial charge >= 0.3 is 96.8 Å². The number of hydrogen-bond donors (Lipinski definition) is 2. The topological polar surface area (TPSA) is 80.3 Å². The fraction of sp³-hybridized carbons (Fsp3) is 0.875. The minimum atomic E-state index is -1.13. The first-order valence-electron chi connectivity index (χ1n) is 8.08. The fourth-order valence-electron chi connectivity index (χ4n) is 1.56. The third kappa shape index (κ3) is 45.0. The Balaban J connectivity index is -0.000000329. The van der Waals surface area contributed by atoms with Crippen molar-refractivity contribution in [3.05, 3.63) is 0 Å². The second kappa shape index (κ2) is 27.2. The van der Waals surface area contributed by atoms with Crippen LogP contribution in [0.15, 0.2) is 0 Å². The van der Waals surface area contributed by atoms with Crippen LogP contribution in [-0.4, -0.2) is 23.4 Å². The van der Waals surface area contributed by atoms with E-state index in [0.29, 0.717) is 0 Å². The Morgan fingerprint density at radius 2 is 1.00 bits per heavy atom. The van der Waals surface area contributed by atoms with E-state index in [-0.39, 0.29) is 11.5 Å². The average Bonchev–Trinajstić information content (AvgIpc) is 2.54. The van der Waals surface area contributed by atoms with Crippen molar-refractivity contribution in [1.29, 1.82) is 0 Å². The van der Waals surface area contributed by atoms with E-state index in [4.69, 9.17) is 0 Å². The average molecular weight is 549 g/mol. The van der Waals surface area contributed by atoms with Crippen LogP contribution in [0.3, 0.4) is 0 Å². The smallest absolute Gasteiger partial charge is 0.0510 e. The van der Waals surface area contributed by atoms with Gasteiger partial charge in [0.2, 0.25) is 0 Å². The van der Waals surface area contributed by atoms with E-state index in [9.17, 15) is 19.8 Å². The first-order chi connectivity index (χ1) is 11.0. The van der Waals surface area contributed by atoms with Gasteiger partial charge in [-0.1, -0.05) is 0 Å². The van der Waals surface area contributed by atoms with E-state index >= 15 is 0 Å². The van der Waals surface area contributed by atoms with Gasteiger partial charge in [0, 0.05) is 11.5 Å². The molecule has 7 heteroatoms. The normalized spacial score (nSPS) is 9.26. The number of carbonyl (C=O) groups excluding carboxylic acids is 2. The number of thiol groups is 2. The number of carboxylic acid groups (broad SMARTS) is 2. The van der Waals surface area contributed by atoms with Crippen molar-refractivity contribution in [2.24, 2.45) is 0 Å². The zero-order valence-corrected chi connectivity index (χ0v) is 18.0. The molecule has 0 radical (unpaired) electrons. The van der Waals surface area contributed by atoms with Crippen LogP contribution in [0.25, 0.3) is 0 Å². The SMILES string of the molecule is CCCCCCCCCCC[CH2][Au+2].O=C([O-])CS.O=C([O-])CS. The Hall–Kier alpha value is 0.380. The van der Waals surface area contributed by atoms with Gasteiger partial charge in [-0.3, -0.25) is 0 Å². The first-order valence-corrected chi connectivity index (χ1v) is 10.9. The van der Waals surface area contributed by atoms with E-state index in [1.165, 1.54) is 68.8 Å². The molecule has 0 amide bonds. The molecular weight excluding hydrogens is 517 g/mol. The van der Waals surface area contributed by atoms with Crippen LogP contribution in [0.4, 0.5) is 0 Å². The Labute approximate surface area is 164 Å². The van der Waals surface area contributed by atoms with Crippen molar-refractivity contribution >= 4 is 37.2 Å². The van der Waals surface area contributed by atoms with Crippen molar-refractivity contribution in [3.8, 4) is 0 Å². The molecule has 0 saturated carbocycles. The molecule has 0 atom stereocenters. The van der Waals surface area contributed by atoms with Crippen LogP contribution in [0.5, 0.6) is 0 Å². The monoisotopic (exact) mass is 548 g/mol. The van der Waals surface area contributed by atoms with Gasteiger partial charge in [-0.15, -0.1) is 0 Å². The van der Waals surface area contributed by atoms with E-state index in [0.717, 1.165) is 0 Å². The molecule has 0 bridgehead atoms. The molecule has 0 spiro atoms. The third-order valence-electron chi connectivity index (χ3n) is 2.72. The standard InChI is InChI=1S/C12H25.2C2H4O2S.Au/c1-3-5-7-9-11-12-10-8-6-4-2;2*3-2(4)1-5;/h1,3-12H2,2H3;2*5H,1H2,(H,3,4);/q;;;+2/p-2. The molecule has 0 N–H and O–H groups in total. The molecule has 0 aliphatic heterocycles. The van der Waals surface area contributed by atoms with Crippen LogP contribution < -0.4 is 10.2 Å². The van der Waals surface area contributed by atoms with Crippen molar-refractivity contribution in [2.75, 3.05) is 11.5 Å². The number of aliphatic carboxylic acids is 2. The number of unbranched alkanes of at least 4 members (excludes halogenated alkanes) is 9. The minimum absolute atomic E-state index is 0.194. The first kappa shape index (κ1) is 28.2.